The van der Waals surface area contributed by atoms with Crippen LogP contribution in [0.3, 0.4) is 0 Å². The number of pyridine rings is 1. The Labute approximate surface area is 156 Å². The van der Waals surface area contributed by atoms with E-state index in [0.717, 1.165) is 42.6 Å². The first-order chi connectivity index (χ1) is 12.6. The summed E-state index contributed by atoms with van der Waals surface area (Å²) in [5.74, 6) is 0.167. The van der Waals surface area contributed by atoms with Crippen molar-refractivity contribution in [1.82, 2.24) is 14.8 Å². The lowest BCUT2D eigenvalue weighted by Gasteiger charge is -2.35. The third kappa shape index (κ3) is 4.70. The van der Waals surface area contributed by atoms with Crippen molar-refractivity contribution in [2.75, 3.05) is 27.2 Å². The van der Waals surface area contributed by atoms with Crippen molar-refractivity contribution in [2.45, 2.75) is 38.1 Å². The maximum atomic E-state index is 13.2. The Kier molecular flexibility index (Phi) is 6.40. The molecule has 0 radical (unpaired) electrons. The van der Waals surface area contributed by atoms with Crippen LogP contribution in [0.25, 0.3) is 11.1 Å². The summed E-state index contributed by atoms with van der Waals surface area (Å²) in [7, 11) is 4.13. The van der Waals surface area contributed by atoms with E-state index in [1.54, 1.807) is 12.4 Å². The number of likely N-dealkylation sites (N-methyl/N-ethyl adjacent to an activating group) is 1. The monoisotopic (exact) mass is 351 g/mol. The van der Waals surface area contributed by atoms with Gasteiger partial charge in [0.1, 0.15) is 0 Å². The van der Waals surface area contributed by atoms with E-state index in [4.69, 9.17) is 0 Å². The average Bonchev–Trinajstić information content (AvgIpc) is 2.69. The van der Waals surface area contributed by atoms with Crippen molar-refractivity contribution in [2.24, 2.45) is 0 Å². The van der Waals surface area contributed by atoms with E-state index in [-0.39, 0.29) is 5.91 Å². The molecule has 2 aromatic rings. The lowest BCUT2D eigenvalue weighted by Crippen LogP contribution is -2.44. The Morgan fingerprint density at radius 3 is 2.15 bits per heavy atom. The van der Waals surface area contributed by atoms with Gasteiger partial charge in [-0.15, -0.1) is 0 Å². The third-order valence-corrected chi connectivity index (χ3v) is 5.21. The van der Waals surface area contributed by atoms with Gasteiger partial charge in [0.05, 0.1) is 0 Å². The molecule has 1 aromatic heterocycles. The summed E-state index contributed by atoms with van der Waals surface area (Å²) in [6.45, 7) is 1.69. The summed E-state index contributed by atoms with van der Waals surface area (Å²) in [5.41, 5.74) is 3.02. The highest BCUT2D eigenvalue weighted by Gasteiger charge is 2.26. The molecule has 1 aliphatic carbocycles. The largest absolute Gasteiger partial charge is 0.334 e. The molecule has 26 heavy (non-hydrogen) atoms. The molecule has 0 bridgehead atoms. The number of hydrogen-bond donors (Lipinski definition) is 0. The van der Waals surface area contributed by atoms with Crippen LogP contribution in [0.4, 0.5) is 0 Å². The van der Waals surface area contributed by atoms with Crippen LogP contribution in [0.2, 0.25) is 0 Å². The fourth-order valence-corrected chi connectivity index (χ4v) is 3.67. The Hall–Kier alpha value is -2.20. The van der Waals surface area contributed by atoms with Gasteiger partial charge in [-0.2, -0.15) is 0 Å². The molecule has 1 fully saturated rings. The first-order valence-electron chi connectivity index (χ1n) is 9.61. The van der Waals surface area contributed by atoms with Crippen molar-refractivity contribution in [3.05, 3.63) is 54.4 Å². The Bertz CT molecular complexity index is 691. The fraction of sp³-hybridized carbons (Fsp3) is 0.455. The van der Waals surface area contributed by atoms with Gasteiger partial charge in [-0.05, 0) is 62.3 Å². The van der Waals surface area contributed by atoms with Gasteiger partial charge in [0.2, 0.25) is 0 Å². The topological polar surface area (TPSA) is 36.4 Å². The second-order valence-corrected chi connectivity index (χ2v) is 7.41. The lowest BCUT2D eigenvalue weighted by molar-refractivity contribution is 0.0618. The van der Waals surface area contributed by atoms with Crippen LogP contribution in [-0.4, -0.2) is 53.9 Å². The molecule has 3 rings (SSSR count). The van der Waals surface area contributed by atoms with Gasteiger partial charge < -0.3 is 9.80 Å². The van der Waals surface area contributed by atoms with Crippen LogP contribution in [0.5, 0.6) is 0 Å². The minimum Gasteiger partial charge on any atom is -0.334 e. The highest BCUT2D eigenvalue weighted by atomic mass is 16.2. The molecule has 0 atom stereocenters. The molecule has 1 amide bonds. The molecule has 0 N–H and O–H groups in total. The standard InChI is InChI=1S/C22H29N3O/c1-24(2)16-17-25(21-6-4-3-5-7-21)22(26)20-10-8-18(9-11-20)19-12-14-23-15-13-19/h8-15,21H,3-7,16-17H2,1-2H3. The second-order valence-electron chi connectivity index (χ2n) is 7.41. The number of benzene rings is 1. The second kappa shape index (κ2) is 8.95. The fourth-order valence-electron chi connectivity index (χ4n) is 3.67. The molecule has 1 heterocycles. The Morgan fingerprint density at radius 2 is 1.54 bits per heavy atom. The van der Waals surface area contributed by atoms with E-state index in [1.807, 2.05) is 36.4 Å². The minimum absolute atomic E-state index is 0.167. The van der Waals surface area contributed by atoms with E-state index >= 15 is 0 Å². The van der Waals surface area contributed by atoms with Crippen molar-refractivity contribution in [3.8, 4) is 11.1 Å². The highest BCUT2D eigenvalue weighted by Crippen LogP contribution is 2.25. The van der Waals surface area contributed by atoms with E-state index in [2.05, 4.69) is 28.9 Å². The number of hydrogen-bond acceptors (Lipinski definition) is 3. The zero-order chi connectivity index (χ0) is 18.4. The smallest absolute Gasteiger partial charge is 0.254 e. The van der Waals surface area contributed by atoms with Gasteiger partial charge in [0.15, 0.2) is 0 Å². The SMILES string of the molecule is CN(C)CCN(C(=O)c1ccc(-c2ccncc2)cc1)C1CCCCC1. The van der Waals surface area contributed by atoms with Crippen LogP contribution in [0, 0.1) is 0 Å². The minimum atomic E-state index is 0.167. The van der Waals surface area contributed by atoms with Crippen LogP contribution in [0.15, 0.2) is 48.8 Å². The normalized spacial score (nSPS) is 15.2. The Morgan fingerprint density at radius 1 is 0.923 bits per heavy atom. The molecule has 0 spiro atoms. The number of carbonyl (C=O) groups excluding carboxylic acids is 1. The molecular formula is C22H29N3O. The maximum Gasteiger partial charge on any atom is 0.254 e. The zero-order valence-corrected chi connectivity index (χ0v) is 15.9. The van der Waals surface area contributed by atoms with Gasteiger partial charge in [0, 0.05) is 37.1 Å². The average molecular weight is 351 g/mol. The molecule has 4 nitrogen and oxygen atoms in total. The molecule has 1 aromatic carbocycles. The summed E-state index contributed by atoms with van der Waals surface area (Å²) in [4.78, 5) is 21.5. The van der Waals surface area contributed by atoms with E-state index < -0.39 is 0 Å². The summed E-state index contributed by atoms with van der Waals surface area (Å²) in [6.07, 6.45) is 9.62. The first-order valence-corrected chi connectivity index (χ1v) is 9.61. The van der Waals surface area contributed by atoms with Crippen LogP contribution < -0.4 is 0 Å². The number of aromatic nitrogens is 1. The molecule has 1 saturated carbocycles. The van der Waals surface area contributed by atoms with Gasteiger partial charge in [-0.25, -0.2) is 0 Å². The molecule has 1 aliphatic rings. The van der Waals surface area contributed by atoms with Gasteiger partial charge in [0.25, 0.3) is 5.91 Å². The van der Waals surface area contributed by atoms with Crippen LogP contribution >= 0.6 is 0 Å². The van der Waals surface area contributed by atoms with Crippen molar-refractivity contribution < 1.29 is 4.79 Å². The van der Waals surface area contributed by atoms with Crippen LogP contribution in [-0.2, 0) is 0 Å². The summed E-state index contributed by atoms with van der Waals surface area (Å²) >= 11 is 0. The lowest BCUT2D eigenvalue weighted by atomic mass is 9.93. The molecule has 0 unspecified atom stereocenters. The maximum absolute atomic E-state index is 13.2. The third-order valence-electron chi connectivity index (χ3n) is 5.21. The number of rotatable bonds is 6. The predicted octanol–water partition coefficient (Wildman–Crippen LogP) is 4.09. The summed E-state index contributed by atoms with van der Waals surface area (Å²) in [6, 6.07) is 12.4. The van der Waals surface area contributed by atoms with Crippen molar-refractivity contribution in [3.63, 3.8) is 0 Å². The van der Waals surface area contributed by atoms with Crippen molar-refractivity contribution >= 4 is 5.91 Å². The summed E-state index contributed by atoms with van der Waals surface area (Å²) < 4.78 is 0. The molecule has 0 saturated heterocycles. The van der Waals surface area contributed by atoms with Crippen molar-refractivity contribution in [1.29, 1.82) is 0 Å². The zero-order valence-electron chi connectivity index (χ0n) is 15.9. The van der Waals surface area contributed by atoms with Gasteiger partial charge >= 0.3 is 0 Å². The van der Waals surface area contributed by atoms with E-state index in [0.29, 0.717) is 6.04 Å². The van der Waals surface area contributed by atoms with E-state index in [9.17, 15) is 4.79 Å². The number of nitrogens with zero attached hydrogens (tertiary/aromatic N) is 3. The quantitative estimate of drug-likeness (QED) is 0.787. The van der Waals surface area contributed by atoms with Gasteiger partial charge in [-0.3, -0.25) is 9.78 Å². The predicted molar refractivity (Wildman–Crippen MR) is 106 cm³/mol. The molecule has 138 valence electrons. The van der Waals surface area contributed by atoms with Crippen LogP contribution in [0.1, 0.15) is 42.5 Å². The molecular weight excluding hydrogens is 322 g/mol. The summed E-state index contributed by atoms with van der Waals surface area (Å²) in [5, 5.41) is 0. The number of carbonyl (C=O) groups is 1. The molecule has 4 heteroatoms. The number of amides is 1. The molecule has 0 aliphatic heterocycles. The first kappa shape index (κ1) is 18.6. The Balaban J connectivity index is 1.76. The van der Waals surface area contributed by atoms with E-state index in [1.165, 1.54) is 19.3 Å². The highest BCUT2D eigenvalue weighted by molar-refractivity contribution is 5.95. The van der Waals surface area contributed by atoms with Gasteiger partial charge in [-0.1, -0.05) is 31.4 Å².